The highest BCUT2D eigenvalue weighted by atomic mass is 16.5. The fourth-order valence-electron chi connectivity index (χ4n) is 3.35. The number of hydrogen-bond donors (Lipinski definition) is 1. The molecule has 1 aromatic carbocycles. The normalized spacial score (nSPS) is 24.7. The van der Waals surface area contributed by atoms with Crippen molar-refractivity contribution in [3.63, 3.8) is 0 Å². The highest BCUT2D eigenvalue weighted by Crippen LogP contribution is 2.22. The number of rotatable bonds is 2. The minimum atomic E-state index is -0.691. The Kier molecular flexibility index (Phi) is 5.39. The van der Waals surface area contributed by atoms with Gasteiger partial charge < -0.3 is 19.6 Å². The maximum Gasteiger partial charge on any atom is 0.254 e. The molecule has 3 rings (SSSR count). The van der Waals surface area contributed by atoms with Crippen LogP contribution in [0.2, 0.25) is 0 Å². The Labute approximate surface area is 148 Å². The molecule has 0 aromatic heterocycles. The van der Waals surface area contributed by atoms with Crippen molar-refractivity contribution < 1.29 is 19.4 Å². The van der Waals surface area contributed by atoms with E-state index in [1.807, 2.05) is 6.92 Å². The monoisotopic (exact) mass is 346 g/mol. The lowest BCUT2D eigenvalue weighted by Gasteiger charge is -2.27. The summed E-state index contributed by atoms with van der Waals surface area (Å²) in [6.07, 6.45) is 2.10. The lowest BCUT2D eigenvalue weighted by atomic mass is 9.98. The molecule has 1 atom stereocenters. The van der Waals surface area contributed by atoms with Crippen molar-refractivity contribution in [2.24, 2.45) is 0 Å². The molecular weight excluding hydrogens is 320 g/mol. The second kappa shape index (κ2) is 7.54. The number of aliphatic hydroxyl groups is 1. The van der Waals surface area contributed by atoms with E-state index in [0.29, 0.717) is 63.4 Å². The van der Waals surface area contributed by atoms with E-state index >= 15 is 0 Å². The molecule has 25 heavy (non-hydrogen) atoms. The molecule has 1 aromatic rings. The number of hydrogen-bond acceptors (Lipinski definition) is 4. The van der Waals surface area contributed by atoms with Gasteiger partial charge in [-0.05, 0) is 50.5 Å². The predicted molar refractivity (Wildman–Crippen MR) is 93.5 cm³/mol. The summed E-state index contributed by atoms with van der Waals surface area (Å²) in [6, 6.07) is 6.89. The van der Waals surface area contributed by atoms with E-state index in [4.69, 9.17) is 4.74 Å². The van der Waals surface area contributed by atoms with E-state index in [1.165, 1.54) is 0 Å². The minimum Gasteiger partial charge on any atom is -0.390 e. The van der Waals surface area contributed by atoms with Crippen molar-refractivity contribution in [3.8, 4) is 0 Å². The highest BCUT2D eigenvalue weighted by Gasteiger charge is 2.27. The van der Waals surface area contributed by atoms with Crippen LogP contribution in [-0.2, 0) is 4.74 Å². The first kappa shape index (κ1) is 17.9. The van der Waals surface area contributed by atoms with E-state index in [0.717, 1.165) is 6.42 Å². The van der Waals surface area contributed by atoms with Gasteiger partial charge in [-0.25, -0.2) is 0 Å². The Bertz CT molecular complexity index is 621. The Morgan fingerprint density at radius 3 is 2.00 bits per heavy atom. The number of likely N-dealkylation sites (tertiary alicyclic amines) is 1. The lowest BCUT2D eigenvalue weighted by Crippen LogP contribution is -2.40. The number of carbonyl (C=O) groups excluding carboxylic acids is 2. The van der Waals surface area contributed by atoms with Crippen molar-refractivity contribution in [2.75, 3.05) is 39.4 Å². The van der Waals surface area contributed by atoms with Gasteiger partial charge in [0.25, 0.3) is 11.8 Å². The molecule has 136 valence electrons. The second-order valence-corrected chi connectivity index (χ2v) is 7.12. The van der Waals surface area contributed by atoms with Crippen molar-refractivity contribution in [2.45, 2.75) is 31.8 Å². The summed E-state index contributed by atoms with van der Waals surface area (Å²) in [6.45, 7) is 5.39. The van der Waals surface area contributed by atoms with E-state index in [2.05, 4.69) is 0 Å². The molecule has 1 unspecified atom stereocenters. The van der Waals surface area contributed by atoms with Crippen molar-refractivity contribution in [1.29, 1.82) is 0 Å². The van der Waals surface area contributed by atoms with Crippen LogP contribution in [0.1, 0.15) is 46.9 Å². The van der Waals surface area contributed by atoms with Crippen LogP contribution in [0, 0.1) is 0 Å². The highest BCUT2D eigenvalue weighted by molar-refractivity contribution is 5.97. The van der Waals surface area contributed by atoms with Gasteiger partial charge in [0.15, 0.2) is 0 Å². The number of carbonyl (C=O) groups is 2. The van der Waals surface area contributed by atoms with Crippen LogP contribution in [0.5, 0.6) is 0 Å². The minimum absolute atomic E-state index is 0.0203. The zero-order valence-corrected chi connectivity index (χ0v) is 14.7. The standard InChI is InChI=1S/C19H26N2O4/c1-19(24)7-2-9-20(10-8-19)17(22)15-3-5-16(6-4-15)18(23)21-11-13-25-14-12-21/h3-6,24H,2,7-14H2,1H3. The first-order valence-corrected chi connectivity index (χ1v) is 8.95. The summed E-state index contributed by atoms with van der Waals surface area (Å²) in [4.78, 5) is 28.7. The Morgan fingerprint density at radius 1 is 0.920 bits per heavy atom. The van der Waals surface area contributed by atoms with Crippen LogP contribution < -0.4 is 0 Å². The lowest BCUT2D eigenvalue weighted by molar-refractivity contribution is 0.0302. The Hall–Kier alpha value is -1.92. The summed E-state index contributed by atoms with van der Waals surface area (Å²) >= 11 is 0. The van der Waals surface area contributed by atoms with Crippen LogP contribution in [0.15, 0.2) is 24.3 Å². The smallest absolute Gasteiger partial charge is 0.254 e. The topological polar surface area (TPSA) is 70.1 Å². The van der Waals surface area contributed by atoms with Gasteiger partial charge in [0.1, 0.15) is 0 Å². The van der Waals surface area contributed by atoms with Gasteiger partial charge >= 0.3 is 0 Å². The number of ether oxygens (including phenoxy) is 1. The van der Waals surface area contributed by atoms with Crippen LogP contribution >= 0.6 is 0 Å². The molecule has 1 N–H and O–H groups in total. The summed E-state index contributed by atoms with van der Waals surface area (Å²) in [5.41, 5.74) is 0.487. The molecule has 2 saturated heterocycles. The molecule has 0 radical (unpaired) electrons. The van der Waals surface area contributed by atoms with E-state index < -0.39 is 5.60 Å². The van der Waals surface area contributed by atoms with Gasteiger partial charge in [-0.2, -0.15) is 0 Å². The average molecular weight is 346 g/mol. The van der Waals surface area contributed by atoms with Crippen molar-refractivity contribution in [1.82, 2.24) is 9.80 Å². The third-order valence-corrected chi connectivity index (χ3v) is 5.03. The molecule has 2 fully saturated rings. The fourth-order valence-corrected chi connectivity index (χ4v) is 3.35. The van der Waals surface area contributed by atoms with Gasteiger partial charge in [-0.15, -0.1) is 0 Å². The van der Waals surface area contributed by atoms with Crippen LogP contribution in [-0.4, -0.2) is 71.7 Å². The van der Waals surface area contributed by atoms with Gasteiger partial charge in [-0.1, -0.05) is 0 Å². The maximum absolute atomic E-state index is 12.7. The molecule has 2 heterocycles. The average Bonchev–Trinajstić information content (AvgIpc) is 2.82. The van der Waals surface area contributed by atoms with Gasteiger partial charge in [0.2, 0.25) is 0 Å². The zero-order valence-electron chi connectivity index (χ0n) is 14.7. The van der Waals surface area contributed by atoms with Crippen LogP contribution in [0.3, 0.4) is 0 Å². The number of benzene rings is 1. The molecule has 0 spiro atoms. The molecule has 2 aliphatic rings. The summed E-state index contributed by atoms with van der Waals surface area (Å²) < 4.78 is 5.27. The molecule has 0 saturated carbocycles. The third-order valence-electron chi connectivity index (χ3n) is 5.03. The van der Waals surface area contributed by atoms with E-state index in [-0.39, 0.29) is 11.8 Å². The van der Waals surface area contributed by atoms with Gasteiger partial charge in [-0.3, -0.25) is 9.59 Å². The van der Waals surface area contributed by atoms with Gasteiger partial charge in [0.05, 0.1) is 18.8 Å². The van der Waals surface area contributed by atoms with Crippen LogP contribution in [0.25, 0.3) is 0 Å². The zero-order chi connectivity index (χ0) is 17.9. The van der Waals surface area contributed by atoms with Crippen molar-refractivity contribution >= 4 is 11.8 Å². The molecule has 0 bridgehead atoms. The molecule has 6 heteroatoms. The summed E-state index contributed by atoms with van der Waals surface area (Å²) in [5.74, 6) is -0.0591. The van der Waals surface area contributed by atoms with E-state index in [9.17, 15) is 14.7 Å². The Morgan fingerprint density at radius 2 is 1.44 bits per heavy atom. The molecular formula is C19H26N2O4. The summed E-state index contributed by atoms with van der Waals surface area (Å²) in [5, 5.41) is 10.2. The maximum atomic E-state index is 12.7. The molecule has 0 aliphatic carbocycles. The molecule has 2 amide bonds. The third kappa shape index (κ3) is 4.38. The first-order valence-electron chi connectivity index (χ1n) is 8.95. The van der Waals surface area contributed by atoms with Gasteiger partial charge in [0, 0.05) is 37.3 Å². The summed E-state index contributed by atoms with van der Waals surface area (Å²) in [7, 11) is 0. The molecule has 6 nitrogen and oxygen atoms in total. The number of morpholine rings is 1. The SMILES string of the molecule is CC1(O)CCCN(C(=O)c2ccc(C(=O)N3CCOCC3)cc2)CC1. The molecule has 2 aliphatic heterocycles. The fraction of sp³-hybridized carbons (Fsp3) is 0.579. The number of amides is 2. The quantitative estimate of drug-likeness (QED) is 0.882. The largest absolute Gasteiger partial charge is 0.390 e. The Balaban J connectivity index is 1.65. The van der Waals surface area contributed by atoms with E-state index in [1.54, 1.807) is 34.1 Å². The first-order chi connectivity index (χ1) is 12.0. The van der Waals surface area contributed by atoms with Crippen LogP contribution in [0.4, 0.5) is 0 Å². The van der Waals surface area contributed by atoms with Crippen molar-refractivity contribution in [3.05, 3.63) is 35.4 Å². The second-order valence-electron chi connectivity index (χ2n) is 7.12. The number of nitrogens with zero attached hydrogens (tertiary/aromatic N) is 2. The predicted octanol–water partition coefficient (Wildman–Crippen LogP) is 1.54.